The smallest absolute Gasteiger partial charge is 0.338 e. The van der Waals surface area contributed by atoms with Crippen molar-refractivity contribution in [3.63, 3.8) is 0 Å². The summed E-state index contributed by atoms with van der Waals surface area (Å²) in [5, 5.41) is 14.3. The van der Waals surface area contributed by atoms with Crippen molar-refractivity contribution in [3.05, 3.63) is 33.9 Å². The average Bonchev–Trinajstić information content (AvgIpc) is 2.66. The number of carbonyl (C=O) groups is 2. The molecule has 0 bridgehead atoms. The summed E-state index contributed by atoms with van der Waals surface area (Å²) >= 11 is 0. The van der Waals surface area contributed by atoms with Crippen LogP contribution in [0.1, 0.15) is 50.9 Å². The Morgan fingerprint density at radius 3 is 2.50 bits per heavy atom. The van der Waals surface area contributed by atoms with Crippen LogP contribution in [0.15, 0.2) is 18.2 Å². The van der Waals surface area contributed by atoms with Crippen molar-refractivity contribution in [2.45, 2.75) is 46.6 Å². The van der Waals surface area contributed by atoms with Gasteiger partial charge in [0, 0.05) is 25.2 Å². The van der Waals surface area contributed by atoms with Crippen molar-refractivity contribution in [3.8, 4) is 0 Å². The highest BCUT2D eigenvalue weighted by Gasteiger charge is 2.25. The number of esters is 1. The summed E-state index contributed by atoms with van der Waals surface area (Å²) < 4.78 is 5.02. The molecule has 1 fully saturated rings. The van der Waals surface area contributed by atoms with Crippen molar-refractivity contribution < 1.29 is 19.2 Å². The molecule has 1 atom stereocenters. The van der Waals surface area contributed by atoms with Crippen LogP contribution in [-0.2, 0) is 9.53 Å². The molecule has 1 amide bonds. The van der Waals surface area contributed by atoms with Crippen LogP contribution in [0.25, 0.3) is 0 Å². The van der Waals surface area contributed by atoms with Gasteiger partial charge >= 0.3 is 5.97 Å². The number of carbonyl (C=O) groups excluding carboxylic acids is 2. The molecular formula is C20H29N3O5. The largest absolute Gasteiger partial charge is 0.452 e. The van der Waals surface area contributed by atoms with Gasteiger partial charge in [0.05, 0.1) is 10.5 Å². The molecule has 2 rings (SSSR count). The molecule has 1 aliphatic rings. The predicted molar refractivity (Wildman–Crippen MR) is 106 cm³/mol. The zero-order chi connectivity index (χ0) is 20.8. The molecule has 1 heterocycles. The van der Waals surface area contributed by atoms with Gasteiger partial charge in [0.25, 0.3) is 11.6 Å². The number of amides is 1. The lowest BCUT2D eigenvalue weighted by atomic mass is 9.98. The normalized spacial score (nSPS) is 16.0. The summed E-state index contributed by atoms with van der Waals surface area (Å²) in [7, 11) is 0. The average molecular weight is 391 g/mol. The van der Waals surface area contributed by atoms with Crippen LogP contribution < -0.4 is 10.2 Å². The number of rotatable bonds is 7. The van der Waals surface area contributed by atoms with E-state index >= 15 is 0 Å². The topological polar surface area (TPSA) is 102 Å². The van der Waals surface area contributed by atoms with Gasteiger partial charge in [-0.05, 0) is 43.7 Å². The van der Waals surface area contributed by atoms with Crippen LogP contribution >= 0.6 is 0 Å². The first-order valence-corrected chi connectivity index (χ1v) is 9.69. The second-order valence-electron chi connectivity index (χ2n) is 7.81. The summed E-state index contributed by atoms with van der Waals surface area (Å²) in [6, 6.07) is 4.28. The van der Waals surface area contributed by atoms with Gasteiger partial charge in [-0.1, -0.05) is 20.8 Å². The van der Waals surface area contributed by atoms with E-state index < -0.39 is 23.4 Å². The van der Waals surface area contributed by atoms with E-state index in [2.05, 4.69) is 12.2 Å². The third-order valence-electron chi connectivity index (χ3n) is 5.26. The van der Waals surface area contributed by atoms with Crippen molar-refractivity contribution in [2.24, 2.45) is 11.8 Å². The molecule has 0 radical (unpaired) electrons. The maximum Gasteiger partial charge on any atom is 0.338 e. The van der Waals surface area contributed by atoms with Gasteiger partial charge in [0.15, 0.2) is 6.61 Å². The van der Waals surface area contributed by atoms with Crippen molar-refractivity contribution in [1.82, 2.24) is 5.32 Å². The fraction of sp³-hybridized carbons (Fsp3) is 0.600. The number of ether oxygens (including phenoxy) is 1. The summed E-state index contributed by atoms with van der Waals surface area (Å²) in [6.45, 7) is 9.06. The minimum absolute atomic E-state index is 0.0427. The Morgan fingerprint density at radius 1 is 1.29 bits per heavy atom. The molecule has 154 valence electrons. The molecule has 1 aliphatic heterocycles. The van der Waals surface area contributed by atoms with Crippen molar-refractivity contribution in [1.29, 1.82) is 0 Å². The van der Waals surface area contributed by atoms with E-state index in [0.29, 0.717) is 11.6 Å². The molecule has 1 saturated heterocycles. The van der Waals surface area contributed by atoms with Crippen LogP contribution in [0, 0.1) is 22.0 Å². The lowest BCUT2D eigenvalue weighted by Gasteiger charge is -2.31. The van der Waals surface area contributed by atoms with Gasteiger partial charge in [-0.15, -0.1) is 0 Å². The fourth-order valence-corrected chi connectivity index (χ4v) is 2.99. The third kappa shape index (κ3) is 5.68. The van der Waals surface area contributed by atoms with E-state index in [-0.39, 0.29) is 23.2 Å². The first kappa shape index (κ1) is 21.7. The van der Waals surface area contributed by atoms with Gasteiger partial charge in [0.2, 0.25) is 0 Å². The number of nitro benzene ring substituents is 1. The lowest BCUT2D eigenvalue weighted by Crippen LogP contribution is -2.38. The molecule has 0 unspecified atom stereocenters. The summed E-state index contributed by atoms with van der Waals surface area (Å²) in [4.78, 5) is 37.1. The molecule has 28 heavy (non-hydrogen) atoms. The van der Waals surface area contributed by atoms with Crippen molar-refractivity contribution >= 4 is 23.3 Å². The minimum atomic E-state index is -0.755. The highest BCUT2D eigenvalue weighted by molar-refractivity contribution is 5.93. The van der Waals surface area contributed by atoms with Crippen LogP contribution in [0.3, 0.4) is 0 Å². The third-order valence-corrected chi connectivity index (χ3v) is 5.26. The molecule has 8 heteroatoms. The number of nitrogens with one attached hydrogen (secondary N) is 1. The Labute approximate surface area is 165 Å². The summed E-state index contributed by atoms with van der Waals surface area (Å²) in [5.74, 6) is -0.292. The number of hydrogen-bond acceptors (Lipinski definition) is 6. The van der Waals surface area contributed by atoms with E-state index in [0.717, 1.165) is 25.9 Å². The second kappa shape index (κ2) is 9.52. The molecule has 1 aromatic carbocycles. The van der Waals surface area contributed by atoms with Crippen LogP contribution in [0.5, 0.6) is 0 Å². The van der Waals surface area contributed by atoms with Gasteiger partial charge < -0.3 is 15.0 Å². The molecule has 1 aromatic rings. The van der Waals surface area contributed by atoms with Crippen LogP contribution in [0.2, 0.25) is 0 Å². The first-order valence-electron chi connectivity index (χ1n) is 9.69. The minimum Gasteiger partial charge on any atom is -0.452 e. The quantitative estimate of drug-likeness (QED) is 0.435. The number of nitrogens with zero attached hydrogens (tertiary/aromatic N) is 2. The Hall–Kier alpha value is -2.64. The van der Waals surface area contributed by atoms with E-state index in [4.69, 9.17) is 4.74 Å². The van der Waals surface area contributed by atoms with E-state index in [9.17, 15) is 19.7 Å². The highest BCUT2D eigenvalue weighted by atomic mass is 16.6. The SMILES string of the molecule is CC1CCN(c2ccc(C(=O)OCC(=O)N[C@@H](C)C(C)C)cc2[N+](=O)[O-])CC1. The van der Waals surface area contributed by atoms with Crippen LogP contribution in [0.4, 0.5) is 11.4 Å². The number of piperidine rings is 1. The molecule has 8 nitrogen and oxygen atoms in total. The van der Waals surface area contributed by atoms with Crippen LogP contribution in [-0.4, -0.2) is 42.5 Å². The number of benzene rings is 1. The van der Waals surface area contributed by atoms with Gasteiger partial charge in [-0.3, -0.25) is 14.9 Å². The molecular weight excluding hydrogens is 362 g/mol. The zero-order valence-electron chi connectivity index (χ0n) is 16.9. The number of nitro groups is 1. The summed E-state index contributed by atoms with van der Waals surface area (Å²) in [6.07, 6.45) is 1.95. The Bertz CT molecular complexity index is 727. The predicted octanol–water partition coefficient (Wildman–Crippen LogP) is 3.15. The van der Waals surface area contributed by atoms with E-state index in [1.165, 1.54) is 12.1 Å². The lowest BCUT2D eigenvalue weighted by molar-refractivity contribution is -0.384. The Balaban J connectivity index is 2.05. The van der Waals surface area contributed by atoms with Crippen molar-refractivity contribution in [2.75, 3.05) is 24.6 Å². The van der Waals surface area contributed by atoms with Gasteiger partial charge in [0.1, 0.15) is 5.69 Å². The number of anilines is 1. The monoisotopic (exact) mass is 391 g/mol. The van der Waals surface area contributed by atoms with E-state index in [1.54, 1.807) is 6.07 Å². The zero-order valence-corrected chi connectivity index (χ0v) is 16.9. The maximum absolute atomic E-state index is 12.2. The molecule has 1 N–H and O–H groups in total. The van der Waals surface area contributed by atoms with Gasteiger partial charge in [-0.2, -0.15) is 0 Å². The molecule has 0 aliphatic carbocycles. The first-order chi connectivity index (χ1) is 13.2. The van der Waals surface area contributed by atoms with E-state index in [1.807, 2.05) is 25.7 Å². The Kier molecular flexibility index (Phi) is 7.37. The highest BCUT2D eigenvalue weighted by Crippen LogP contribution is 2.32. The fourth-order valence-electron chi connectivity index (χ4n) is 2.99. The number of hydrogen-bond donors (Lipinski definition) is 1. The second-order valence-corrected chi connectivity index (χ2v) is 7.81. The maximum atomic E-state index is 12.2. The Morgan fingerprint density at radius 2 is 1.93 bits per heavy atom. The van der Waals surface area contributed by atoms with Gasteiger partial charge in [-0.25, -0.2) is 4.79 Å². The molecule has 0 aromatic heterocycles. The summed E-state index contributed by atoms with van der Waals surface area (Å²) in [5.41, 5.74) is 0.448. The molecule has 0 spiro atoms. The standard InChI is InChI=1S/C20H29N3O5/c1-13(2)15(4)21-19(24)12-28-20(25)16-5-6-17(18(11-16)23(26)27)22-9-7-14(3)8-10-22/h5-6,11,13-15H,7-10,12H2,1-4H3,(H,21,24)/t15-/m0/s1. The molecule has 0 saturated carbocycles.